The van der Waals surface area contributed by atoms with Crippen LogP contribution in [0.15, 0.2) is 41.3 Å². The molecule has 0 spiro atoms. The number of rotatable bonds is 7. The van der Waals surface area contributed by atoms with Gasteiger partial charge < -0.3 is 18.9 Å². The summed E-state index contributed by atoms with van der Waals surface area (Å²) in [5, 5.41) is 0. The zero-order valence-electron chi connectivity index (χ0n) is 15.8. The van der Waals surface area contributed by atoms with E-state index in [1.165, 1.54) is 25.3 Å². The van der Waals surface area contributed by atoms with Gasteiger partial charge in [-0.15, -0.1) is 0 Å². The number of aryl methyl sites for hydroxylation is 1. The maximum absolute atomic E-state index is 13.3. The number of methoxy groups -OCH3 is 1. The highest BCUT2D eigenvalue weighted by Gasteiger charge is 2.29. The molecule has 1 heterocycles. The molecule has 28 heavy (non-hydrogen) atoms. The van der Waals surface area contributed by atoms with E-state index in [-0.39, 0.29) is 24.0 Å². The highest BCUT2D eigenvalue weighted by molar-refractivity contribution is 7.92. The Labute approximate surface area is 163 Å². The first-order valence-corrected chi connectivity index (χ1v) is 10.0. The van der Waals surface area contributed by atoms with Crippen LogP contribution in [0.5, 0.6) is 17.2 Å². The first-order valence-electron chi connectivity index (χ1n) is 8.59. The molecule has 150 valence electrons. The molecule has 3 rings (SSSR count). The molecule has 9 heteroatoms. The Morgan fingerprint density at radius 1 is 1.14 bits per heavy atom. The highest BCUT2D eigenvalue weighted by atomic mass is 32.2. The van der Waals surface area contributed by atoms with Crippen molar-refractivity contribution in [2.24, 2.45) is 0 Å². The van der Waals surface area contributed by atoms with E-state index in [0.717, 1.165) is 4.31 Å². The molecule has 0 aliphatic carbocycles. The second-order valence-corrected chi connectivity index (χ2v) is 7.85. The number of fused-ring (bicyclic) bond motifs is 1. The third kappa shape index (κ3) is 3.84. The lowest BCUT2D eigenvalue weighted by Crippen LogP contribution is -2.36. The number of nitrogens with zero attached hydrogens (tertiary/aromatic N) is 1. The molecule has 0 radical (unpaired) electrons. The number of sulfonamides is 1. The minimum absolute atomic E-state index is 0.0350. The van der Waals surface area contributed by atoms with Crippen LogP contribution in [0.2, 0.25) is 0 Å². The summed E-state index contributed by atoms with van der Waals surface area (Å²) in [6.45, 7) is 3.13. The van der Waals surface area contributed by atoms with Gasteiger partial charge in [-0.2, -0.15) is 0 Å². The SMILES string of the molecule is CCOC(=O)CN(c1ccc2c(c1)OCO2)S(=O)(=O)c1ccc(OC)c(C)c1. The van der Waals surface area contributed by atoms with Gasteiger partial charge in [0.1, 0.15) is 12.3 Å². The minimum atomic E-state index is -4.05. The standard InChI is InChI=1S/C19H21NO7S/c1-4-25-19(21)11-20(14-5-7-17-18(10-14)27-12-26-17)28(22,23)15-6-8-16(24-3)13(2)9-15/h5-10H,4,11-12H2,1-3H3. The molecule has 0 bridgehead atoms. The first kappa shape index (κ1) is 19.8. The molecule has 0 saturated carbocycles. The van der Waals surface area contributed by atoms with Crippen molar-refractivity contribution >= 4 is 21.7 Å². The van der Waals surface area contributed by atoms with Crippen LogP contribution >= 0.6 is 0 Å². The number of ether oxygens (including phenoxy) is 4. The van der Waals surface area contributed by atoms with Crippen molar-refractivity contribution in [2.45, 2.75) is 18.7 Å². The van der Waals surface area contributed by atoms with Gasteiger partial charge in [-0.3, -0.25) is 9.10 Å². The Morgan fingerprint density at radius 3 is 2.57 bits per heavy atom. The van der Waals surface area contributed by atoms with E-state index in [0.29, 0.717) is 22.8 Å². The number of esters is 1. The summed E-state index contributed by atoms with van der Waals surface area (Å²) in [5.41, 5.74) is 0.927. The molecule has 2 aromatic rings. The Bertz CT molecular complexity index is 988. The van der Waals surface area contributed by atoms with E-state index in [1.807, 2.05) is 0 Å². The zero-order chi connectivity index (χ0) is 20.3. The van der Waals surface area contributed by atoms with Crippen LogP contribution in [0.25, 0.3) is 0 Å². The Balaban J connectivity index is 2.04. The van der Waals surface area contributed by atoms with E-state index in [4.69, 9.17) is 18.9 Å². The molecule has 0 atom stereocenters. The van der Waals surface area contributed by atoms with Crippen LogP contribution in [0.4, 0.5) is 5.69 Å². The number of hydrogen-bond acceptors (Lipinski definition) is 7. The molecule has 0 saturated heterocycles. The number of anilines is 1. The normalized spacial score (nSPS) is 12.5. The maximum atomic E-state index is 13.3. The summed E-state index contributed by atoms with van der Waals surface area (Å²) in [4.78, 5) is 12.1. The maximum Gasteiger partial charge on any atom is 0.326 e. The van der Waals surface area contributed by atoms with E-state index in [9.17, 15) is 13.2 Å². The third-order valence-corrected chi connectivity index (χ3v) is 5.95. The average molecular weight is 407 g/mol. The van der Waals surface area contributed by atoms with Crippen LogP contribution in [-0.4, -0.2) is 41.4 Å². The molecule has 0 fully saturated rings. The largest absolute Gasteiger partial charge is 0.496 e. The second-order valence-electron chi connectivity index (χ2n) is 5.99. The van der Waals surface area contributed by atoms with Crippen LogP contribution in [0.1, 0.15) is 12.5 Å². The Kier molecular flexibility index (Phi) is 5.64. The molecule has 8 nitrogen and oxygen atoms in total. The Morgan fingerprint density at radius 2 is 1.89 bits per heavy atom. The van der Waals surface area contributed by atoms with E-state index in [2.05, 4.69) is 0 Å². The number of carbonyl (C=O) groups excluding carboxylic acids is 1. The van der Waals surface area contributed by atoms with Crippen molar-refractivity contribution in [3.63, 3.8) is 0 Å². The molecular weight excluding hydrogens is 386 g/mol. The molecule has 0 amide bonds. The van der Waals surface area contributed by atoms with Crippen LogP contribution in [0, 0.1) is 6.92 Å². The predicted octanol–water partition coefficient (Wildman–Crippen LogP) is 2.49. The van der Waals surface area contributed by atoms with Gasteiger partial charge in [0.05, 0.1) is 24.3 Å². The van der Waals surface area contributed by atoms with Gasteiger partial charge in [0.25, 0.3) is 10.0 Å². The van der Waals surface area contributed by atoms with Crippen molar-refractivity contribution < 1.29 is 32.2 Å². The third-order valence-electron chi connectivity index (χ3n) is 4.18. The predicted molar refractivity (Wildman–Crippen MR) is 101 cm³/mol. The van der Waals surface area contributed by atoms with Crippen molar-refractivity contribution in [1.29, 1.82) is 0 Å². The average Bonchev–Trinajstić information content (AvgIpc) is 3.14. The van der Waals surface area contributed by atoms with E-state index >= 15 is 0 Å². The van der Waals surface area contributed by atoms with Crippen LogP contribution in [0.3, 0.4) is 0 Å². The van der Waals surface area contributed by atoms with Crippen molar-refractivity contribution in [1.82, 2.24) is 0 Å². The quantitative estimate of drug-likeness (QED) is 0.651. The lowest BCUT2D eigenvalue weighted by molar-refractivity contribution is -0.141. The number of carbonyl (C=O) groups is 1. The first-order chi connectivity index (χ1) is 13.4. The van der Waals surface area contributed by atoms with Gasteiger partial charge >= 0.3 is 5.97 Å². The molecule has 2 aromatic carbocycles. The molecular formula is C19H21NO7S. The topological polar surface area (TPSA) is 91.4 Å². The summed E-state index contributed by atoms with van der Waals surface area (Å²) in [7, 11) is -2.54. The highest BCUT2D eigenvalue weighted by Crippen LogP contribution is 2.37. The second kappa shape index (κ2) is 7.97. The smallest absolute Gasteiger partial charge is 0.326 e. The van der Waals surface area contributed by atoms with E-state index < -0.39 is 22.5 Å². The van der Waals surface area contributed by atoms with Gasteiger partial charge in [0.2, 0.25) is 6.79 Å². The molecule has 0 aromatic heterocycles. The zero-order valence-corrected chi connectivity index (χ0v) is 16.6. The van der Waals surface area contributed by atoms with Crippen molar-refractivity contribution in [3.8, 4) is 17.2 Å². The number of benzene rings is 2. The summed E-state index contributed by atoms with van der Waals surface area (Å²) < 4.78 is 48.4. The fourth-order valence-electron chi connectivity index (χ4n) is 2.82. The molecule has 1 aliphatic rings. The van der Waals surface area contributed by atoms with Gasteiger partial charge in [-0.05, 0) is 49.7 Å². The molecule has 1 aliphatic heterocycles. The van der Waals surface area contributed by atoms with Gasteiger partial charge in [0, 0.05) is 6.07 Å². The summed E-state index contributed by atoms with van der Waals surface area (Å²) >= 11 is 0. The van der Waals surface area contributed by atoms with Gasteiger partial charge in [-0.25, -0.2) is 8.42 Å². The van der Waals surface area contributed by atoms with Gasteiger partial charge in [0.15, 0.2) is 11.5 Å². The Hall–Kier alpha value is -2.94. The fraction of sp³-hybridized carbons (Fsp3) is 0.316. The van der Waals surface area contributed by atoms with Crippen molar-refractivity contribution in [2.75, 3.05) is 31.4 Å². The van der Waals surface area contributed by atoms with Crippen LogP contribution < -0.4 is 18.5 Å². The monoisotopic (exact) mass is 407 g/mol. The van der Waals surface area contributed by atoms with E-state index in [1.54, 1.807) is 32.0 Å². The van der Waals surface area contributed by atoms with Crippen LogP contribution in [-0.2, 0) is 19.6 Å². The molecule has 0 unspecified atom stereocenters. The summed E-state index contributed by atoms with van der Waals surface area (Å²) in [6, 6.07) is 9.19. The molecule has 0 N–H and O–H groups in total. The van der Waals surface area contributed by atoms with Crippen molar-refractivity contribution in [3.05, 3.63) is 42.0 Å². The summed E-state index contributed by atoms with van der Waals surface area (Å²) in [6.07, 6.45) is 0. The fourth-order valence-corrected chi connectivity index (χ4v) is 4.30. The summed E-state index contributed by atoms with van der Waals surface area (Å²) in [5.74, 6) is 0.831. The lowest BCUT2D eigenvalue weighted by Gasteiger charge is -2.24. The van der Waals surface area contributed by atoms with Gasteiger partial charge in [-0.1, -0.05) is 0 Å². The minimum Gasteiger partial charge on any atom is -0.496 e. The lowest BCUT2D eigenvalue weighted by atomic mass is 10.2. The number of hydrogen-bond donors (Lipinski definition) is 0.